The van der Waals surface area contributed by atoms with Crippen LogP contribution in [0.1, 0.15) is 52.9 Å². The number of amides is 2. The molecule has 2 atom stereocenters. The second kappa shape index (κ2) is 6.78. The van der Waals surface area contributed by atoms with Crippen molar-refractivity contribution in [2.24, 2.45) is 5.41 Å². The largest absolute Gasteiger partial charge is 0.481 e. The Balaban J connectivity index is 2.56. The number of rotatable bonds is 5. The molecule has 110 valence electrons. The second-order valence-electron chi connectivity index (χ2n) is 5.63. The van der Waals surface area contributed by atoms with E-state index in [1.807, 2.05) is 11.8 Å². The van der Waals surface area contributed by atoms with Crippen molar-refractivity contribution in [2.75, 3.05) is 13.1 Å². The molecule has 1 saturated heterocycles. The second-order valence-corrected chi connectivity index (χ2v) is 5.63. The lowest BCUT2D eigenvalue weighted by Gasteiger charge is -2.36. The summed E-state index contributed by atoms with van der Waals surface area (Å²) in [5, 5.41) is 12.0. The van der Waals surface area contributed by atoms with Crippen molar-refractivity contribution in [1.82, 2.24) is 10.2 Å². The lowest BCUT2D eigenvalue weighted by molar-refractivity contribution is -0.147. The van der Waals surface area contributed by atoms with Crippen molar-refractivity contribution in [2.45, 2.75) is 58.9 Å². The first-order chi connectivity index (χ1) is 8.94. The minimum Gasteiger partial charge on any atom is -0.481 e. The molecule has 0 aromatic rings. The van der Waals surface area contributed by atoms with Crippen LogP contribution in [0.4, 0.5) is 4.79 Å². The summed E-state index contributed by atoms with van der Waals surface area (Å²) in [5.74, 6) is -0.860. The van der Waals surface area contributed by atoms with E-state index in [0.717, 1.165) is 25.8 Å². The number of nitrogens with zero attached hydrogens (tertiary/aromatic N) is 1. The van der Waals surface area contributed by atoms with Gasteiger partial charge in [-0.15, -0.1) is 0 Å². The zero-order chi connectivity index (χ0) is 14.5. The molecule has 0 aromatic carbocycles. The van der Waals surface area contributed by atoms with E-state index in [4.69, 9.17) is 0 Å². The molecule has 5 heteroatoms. The molecule has 1 aliphatic heterocycles. The molecular weight excluding hydrogens is 244 g/mol. The van der Waals surface area contributed by atoms with Crippen LogP contribution < -0.4 is 5.32 Å². The molecule has 0 aromatic heterocycles. The van der Waals surface area contributed by atoms with Gasteiger partial charge in [-0.1, -0.05) is 13.8 Å². The van der Waals surface area contributed by atoms with Crippen LogP contribution in [-0.4, -0.2) is 41.1 Å². The minimum absolute atomic E-state index is 0.118. The highest BCUT2D eigenvalue weighted by Crippen LogP contribution is 2.22. The van der Waals surface area contributed by atoms with E-state index in [1.165, 1.54) is 6.42 Å². The Kier molecular flexibility index (Phi) is 5.63. The van der Waals surface area contributed by atoms with Gasteiger partial charge in [0.2, 0.25) is 0 Å². The maximum atomic E-state index is 12.2. The Morgan fingerprint density at radius 1 is 1.37 bits per heavy atom. The molecule has 0 aliphatic carbocycles. The zero-order valence-corrected chi connectivity index (χ0v) is 12.2. The summed E-state index contributed by atoms with van der Waals surface area (Å²) in [5.41, 5.74) is -0.882. The molecule has 0 bridgehead atoms. The third-order valence-corrected chi connectivity index (χ3v) is 4.29. The van der Waals surface area contributed by atoms with Crippen molar-refractivity contribution >= 4 is 12.0 Å². The maximum absolute atomic E-state index is 12.2. The quantitative estimate of drug-likeness (QED) is 0.806. The first-order valence-electron chi connectivity index (χ1n) is 7.22. The highest BCUT2D eigenvalue weighted by Gasteiger charge is 2.33. The first-order valence-corrected chi connectivity index (χ1v) is 7.22. The minimum atomic E-state index is -0.882. The summed E-state index contributed by atoms with van der Waals surface area (Å²) in [6.07, 6.45) is 4.71. The zero-order valence-electron chi connectivity index (χ0n) is 12.2. The van der Waals surface area contributed by atoms with E-state index in [0.29, 0.717) is 12.5 Å². The number of aliphatic carboxylic acids is 1. The number of carbonyl (C=O) groups is 2. The van der Waals surface area contributed by atoms with Gasteiger partial charge in [0.15, 0.2) is 0 Å². The van der Waals surface area contributed by atoms with Gasteiger partial charge in [-0.25, -0.2) is 4.79 Å². The Labute approximate surface area is 115 Å². The van der Waals surface area contributed by atoms with Gasteiger partial charge in [0.05, 0.1) is 5.41 Å². The van der Waals surface area contributed by atoms with E-state index < -0.39 is 11.4 Å². The first kappa shape index (κ1) is 15.8. The van der Waals surface area contributed by atoms with Gasteiger partial charge in [-0.3, -0.25) is 4.79 Å². The Bertz CT molecular complexity index is 333. The van der Waals surface area contributed by atoms with Gasteiger partial charge in [-0.05, 0) is 39.0 Å². The summed E-state index contributed by atoms with van der Waals surface area (Å²) in [6.45, 7) is 6.55. The molecule has 0 spiro atoms. The predicted octanol–water partition coefficient (Wildman–Crippen LogP) is 2.46. The fraction of sp³-hybridized carbons (Fsp3) is 0.857. The van der Waals surface area contributed by atoms with Crippen LogP contribution in [0.2, 0.25) is 0 Å². The van der Waals surface area contributed by atoms with Crippen molar-refractivity contribution < 1.29 is 14.7 Å². The summed E-state index contributed by atoms with van der Waals surface area (Å²) < 4.78 is 0. The van der Waals surface area contributed by atoms with Crippen molar-refractivity contribution in [3.8, 4) is 0 Å². The monoisotopic (exact) mass is 270 g/mol. The topological polar surface area (TPSA) is 69.6 Å². The fourth-order valence-corrected chi connectivity index (χ4v) is 2.42. The Morgan fingerprint density at radius 3 is 2.58 bits per heavy atom. The Morgan fingerprint density at radius 2 is 2.05 bits per heavy atom. The molecular formula is C14H26N2O3. The molecule has 19 heavy (non-hydrogen) atoms. The van der Waals surface area contributed by atoms with E-state index in [9.17, 15) is 14.7 Å². The molecule has 1 heterocycles. The van der Waals surface area contributed by atoms with Crippen LogP contribution in [0.15, 0.2) is 0 Å². The summed E-state index contributed by atoms with van der Waals surface area (Å²) >= 11 is 0. The van der Waals surface area contributed by atoms with Crippen LogP contribution >= 0.6 is 0 Å². The van der Waals surface area contributed by atoms with Gasteiger partial charge >= 0.3 is 12.0 Å². The Hall–Kier alpha value is -1.26. The molecule has 1 rings (SSSR count). The molecule has 0 saturated carbocycles. The van der Waals surface area contributed by atoms with Crippen molar-refractivity contribution in [3.63, 3.8) is 0 Å². The van der Waals surface area contributed by atoms with E-state index in [2.05, 4.69) is 12.2 Å². The highest BCUT2D eigenvalue weighted by molar-refractivity contribution is 5.78. The predicted molar refractivity (Wildman–Crippen MR) is 74.1 cm³/mol. The number of carboxylic acids is 1. The maximum Gasteiger partial charge on any atom is 0.317 e. The molecule has 1 aliphatic rings. The third kappa shape index (κ3) is 3.85. The average molecular weight is 270 g/mol. The third-order valence-electron chi connectivity index (χ3n) is 4.29. The van der Waals surface area contributed by atoms with Crippen LogP contribution in [0.25, 0.3) is 0 Å². The number of nitrogens with one attached hydrogen (secondary N) is 1. The number of likely N-dealkylation sites (tertiary alicyclic amines) is 1. The molecule has 2 N–H and O–H groups in total. The van der Waals surface area contributed by atoms with Gasteiger partial charge in [-0.2, -0.15) is 0 Å². The average Bonchev–Trinajstić information content (AvgIpc) is 2.43. The standard InChI is InChI=1S/C14H26N2O3/c1-4-11-8-6-7-9-16(11)13(19)15-10-14(3,5-2)12(17)18/h11H,4-10H2,1-3H3,(H,15,19)(H,17,18). The van der Waals surface area contributed by atoms with Crippen LogP contribution in [0.3, 0.4) is 0 Å². The number of hydrogen-bond acceptors (Lipinski definition) is 2. The van der Waals surface area contributed by atoms with Gasteiger partial charge in [0.1, 0.15) is 0 Å². The van der Waals surface area contributed by atoms with E-state index in [-0.39, 0.29) is 12.6 Å². The summed E-state index contributed by atoms with van der Waals surface area (Å²) in [6, 6.07) is 0.180. The number of carbonyl (C=O) groups excluding carboxylic acids is 1. The SMILES string of the molecule is CCC1CCCCN1C(=O)NCC(C)(CC)C(=O)O. The van der Waals surface area contributed by atoms with Crippen molar-refractivity contribution in [3.05, 3.63) is 0 Å². The normalized spacial score (nSPS) is 22.7. The number of hydrogen-bond donors (Lipinski definition) is 2. The smallest absolute Gasteiger partial charge is 0.317 e. The van der Waals surface area contributed by atoms with Gasteiger partial charge in [0, 0.05) is 19.1 Å². The summed E-state index contributed by atoms with van der Waals surface area (Å²) in [4.78, 5) is 25.2. The van der Waals surface area contributed by atoms with Crippen molar-refractivity contribution in [1.29, 1.82) is 0 Å². The molecule has 2 amide bonds. The molecule has 0 radical (unpaired) electrons. The fourth-order valence-electron chi connectivity index (χ4n) is 2.42. The molecule has 2 unspecified atom stereocenters. The van der Waals surface area contributed by atoms with Crippen LogP contribution in [0, 0.1) is 5.41 Å². The van der Waals surface area contributed by atoms with Crippen LogP contribution in [-0.2, 0) is 4.79 Å². The van der Waals surface area contributed by atoms with Gasteiger partial charge < -0.3 is 15.3 Å². The van der Waals surface area contributed by atoms with Gasteiger partial charge in [0.25, 0.3) is 0 Å². The lowest BCUT2D eigenvalue weighted by Crippen LogP contribution is -2.51. The van der Waals surface area contributed by atoms with Crippen LogP contribution in [0.5, 0.6) is 0 Å². The summed E-state index contributed by atoms with van der Waals surface area (Å²) in [7, 11) is 0. The highest BCUT2D eigenvalue weighted by atomic mass is 16.4. The molecule has 1 fully saturated rings. The lowest BCUT2D eigenvalue weighted by atomic mass is 9.88. The van der Waals surface area contributed by atoms with E-state index in [1.54, 1.807) is 6.92 Å². The molecule has 5 nitrogen and oxygen atoms in total. The number of piperidine rings is 1. The number of urea groups is 1. The number of carboxylic acid groups (broad SMARTS) is 1. The van der Waals surface area contributed by atoms with E-state index >= 15 is 0 Å².